The third-order valence-corrected chi connectivity index (χ3v) is 5.83. The van der Waals surface area contributed by atoms with Crippen molar-refractivity contribution in [2.24, 2.45) is 0 Å². The van der Waals surface area contributed by atoms with Gasteiger partial charge in [0, 0.05) is 29.7 Å². The zero-order valence-electron chi connectivity index (χ0n) is 13.8. The van der Waals surface area contributed by atoms with Crippen LogP contribution in [0, 0.1) is 0 Å². The molecule has 0 saturated heterocycles. The number of carbonyl (C=O) groups is 1. The van der Waals surface area contributed by atoms with Crippen molar-refractivity contribution in [2.75, 3.05) is 5.32 Å². The Morgan fingerprint density at radius 3 is 2.24 bits per heavy atom. The second kappa shape index (κ2) is 7.76. The first kappa shape index (κ1) is 17.6. The van der Waals surface area contributed by atoms with E-state index in [1.165, 1.54) is 18.6 Å². The predicted octanol–water partition coefficient (Wildman–Crippen LogP) is 2.94. The van der Waals surface area contributed by atoms with Crippen LogP contribution in [-0.2, 0) is 10.0 Å². The molecular weight excluding hydrogens is 338 g/mol. The van der Waals surface area contributed by atoms with Gasteiger partial charge in [-0.1, -0.05) is 19.3 Å². The van der Waals surface area contributed by atoms with Gasteiger partial charge in [0.05, 0.1) is 4.90 Å². The molecule has 0 unspecified atom stereocenters. The maximum Gasteiger partial charge on any atom is 0.255 e. The highest BCUT2D eigenvalue weighted by atomic mass is 32.2. The van der Waals surface area contributed by atoms with E-state index in [4.69, 9.17) is 0 Å². The van der Waals surface area contributed by atoms with Crippen LogP contribution in [0.2, 0.25) is 0 Å². The Kier molecular flexibility index (Phi) is 5.45. The third-order valence-electron chi connectivity index (χ3n) is 4.29. The minimum absolute atomic E-state index is 0.0184. The lowest BCUT2D eigenvalue weighted by atomic mass is 9.96. The number of sulfonamides is 1. The van der Waals surface area contributed by atoms with E-state index >= 15 is 0 Å². The fourth-order valence-corrected chi connectivity index (χ4v) is 4.24. The number of nitrogens with one attached hydrogen (secondary N) is 2. The van der Waals surface area contributed by atoms with Crippen LogP contribution in [0.3, 0.4) is 0 Å². The average molecular weight is 359 g/mol. The van der Waals surface area contributed by atoms with E-state index in [9.17, 15) is 13.2 Å². The molecule has 3 rings (SSSR count). The van der Waals surface area contributed by atoms with Crippen LogP contribution in [0.4, 0.5) is 5.69 Å². The summed E-state index contributed by atoms with van der Waals surface area (Å²) in [6.45, 7) is 0. The van der Waals surface area contributed by atoms with Crippen molar-refractivity contribution in [1.82, 2.24) is 9.71 Å². The van der Waals surface area contributed by atoms with Crippen molar-refractivity contribution < 1.29 is 13.2 Å². The van der Waals surface area contributed by atoms with Crippen LogP contribution in [0.5, 0.6) is 0 Å². The molecule has 25 heavy (non-hydrogen) atoms. The minimum atomic E-state index is -3.53. The van der Waals surface area contributed by atoms with Gasteiger partial charge in [-0.3, -0.25) is 9.78 Å². The highest BCUT2D eigenvalue weighted by Gasteiger charge is 2.21. The first-order valence-corrected chi connectivity index (χ1v) is 9.87. The zero-order valence-corrected chi connectivity index (χ0v) is 14.6. The van der Waals surface area contributed by atoms with Gasteiger partial charge in [-0.15, -0.1) is 0 Å². The Bertz CT molecular complexity index is 814. The first-order valence-electron chi connectivity index (χ1n) is 8.38. The summed E-state index contributed by atoms with van der Waals surface area (Å²) in [7, 11) is -3.53. The molecule has 1 heterocycles. The molecule has 0 bridgehead atoms. The van der Waals surface area contributed by atoms with Crippen LogP contribution in [0.1, 0.15) is 42.5 Å². The van der Waals surface area contributed by atoms with Crippen molar-refractivity contribution in [2.45, 2.75) is 43.0 Å². The normalized spacial score (nSPS) is 15.7. The third kappa shape index (κ3) is 4.64. The van der Waals surface area contributed by atoms with Crippen LogP contribution in [0.25, 0.3) is 0 Å². The molecule has 2 aromatic rings. The monoisotopic (exact) mass is 359 g/mol. The lowest BCUT2D eigenvalue weighted by Crippen LogP contribution is -2.36. The Morgan fingerprint density at radius 2 is 1.60 bits per heavy atom. The molecule has 7 heteroatoms. The number of benzene rings is 1. The van der Waals surface area contributed by atoms with Crippen molar-refractivity contribution >= 4 is 21.6 Å². The van der Waals surface area contributed by atoms with Crippen molar-refractivity contribution in [3.05, 3.63) is 54.4 Å². The van der Waals surface area contributed by atoms with Gasteiger partial charge < -0.3 is 5.32 Å². The molecule has 1 aromatic carbocycles. The van der Waals surface area contributed by atoms with Crippen LogP contribution in [0.15, 0.2) is 53.7 Å². The fraction of sp³-hybridized carbons (Fsp3) is 0.333. The Morgan fingerprint density at radius 1 is 0.960 bits per heavy atom. The smallest absolute Gasteiger partial charge is 0.255 e. The van der Waals surface area contributed by atoms with Crippen molar-refractivity contribution in [1.29, 1.82) is 0 Å². The van der Waals surface area contributed by atoms with Gasteiger partial charge in [-0.25, -0.2) is 13.1 Å². The number of carbonyl (C=O) groups excluding carboxylic acids is 1. The zero-order chi connectivity index (χ0) is 17.7. The van der Waals surface area contributed by atoms with Gasteiger partial charge in [0.2, 0.25) is 10.0 Å². The highest BCUT2D eigenvalue weighted by Crippen LogP contribution is 2.21. The summed E-state index contributed by atoms with van der Waals surface area (Å²) in [6, 6.07) is 9.44. The number of aromatic nitrogens is 1. The molecule has 2 N–H and O–H groups in total. The molecule has 1 aromatic heterocycles. The van der Waals surface area contributed by atoms with E-state index in [1.54, 1.807) is 36.7 Å². The number of rotatable bonds is 5. The van der Waals surface area contributed by atoms with E-state index in [1.807, 2.05) is 0 Å². The summed E-state index contributed by atoms with van der Waals surface area (Å²) in [5, 5.41) is 2.74. The number of hydrogen-bond acceptors (Lipinski definition) is 4. The quantitative estimate of drug-likeness (QED) is 0.859. The van der Waals surface area contributed by atoms with E-state index in [2.05, 4.69) is 15.0 Å². The minimum Gasteiger partial charge on any atom is -0.322 e. The lowest BCUT2D eigenvalue weighted by molar-refractivity contribution is 0.102. The molecule has 1 amide bonds. The number of pyridine rings is 1. The van der Waals surface area contributed by atoms with Crippen LogP contribution >= 0.6 is 0 Å². The second-order valence-corrected chi connectivity index (χ2v) is 7.88. The van der Waals surface area contributed by atoms with Gasteiger partial charge >= 0.3 is 0 Å². The molecule has 1 fully saturated rings. The standard InChI is InChI=1S/C18H21N3O3S/c22-18(14-10-12-19-13-11-14)20-15-6-8-17(9-7-15)25(23,24)21-16-4-2-1-3-5-16/h6-13,16,21H,1-5H2,(H,20,22). The second-order valence-electron chi connectivity index (χ2n) is 6.17. The summed E-state index contributed by atoms with van der Waals surface area (Å²) in [6.07, 6.45) is 8.16. The molecule has 6 nitrogen and oxygen atoms in total. The topological polar surface area (TPSA) is 88.2 Å². The summed E-state index contributed by atoms with van der Waals surface area (Å²) in [5.41, 5.74) is 1.03. The summed E-state index contributed by atoms with van der Waals surface area (Å²) in [4.78, 5) is 16.2. The number of hydrogen-bond donors (Lipinski definition) is 2. The van der Waals surface area contributed by atoms with Crippen molar-refractivity contribution in [3.63, 3.8) is 0 Å². The van der Waals surface area contributed by atoms with Crippen molar-refractivity contribution in [3.8, 4) is 0 Å². The van der Waals surface area contributed by atoms with Gasteiger partial charge in [-0.2, -0.15) is 0 Å². The maximum atomic E-state index is 12.4. The molecule has 0 spiro atoms. The molecule has 0 atom stereocenters. The van der Waals surface area contributed by atoms with E-state index in [0.717, 1.165) is 25.7 Å². The molecule has 0 radical (unpaired) electrons. The Labute approximate surface area is 147 Å². The summed E-state index contributed by atoms with van der Waals surface area (Å²) < 4.78 is 27.7. The van der Waals surface area contributed by atoms with Crippen LogP contribution in [-0.4, -0.2) is 25.4 Å². The molecule has 1 aliphatic rings. The predicted molar refractivity (Wildman–Crippen MR) is 95.8 cm³/mol. The van der Waals surface area contributed by atoms with Gasteiger partial charge in [0.25, 0.3) is 5.91 Å². The highest BCUT2D eigenvalue weighted by molar-refractivity contribution is 7.89. The van der Waals surface area contributed by atoms with Crippen LogP contribution < -0.4 is 10.0 Å². The number of anilines is 1. The molecule has 1 aliphatic carbocycles. The van der Waals surface area contributed by atoms with E-state index < -0.39 is 10.0 Å². The molecule has 132 valence electrons. The molecule has 0 aliphatic heterocycles. The molecular formula is C18H21N3O3S. The number of amides is 1. The van der Waals surface area contributed by atoms with E-state index in [0.29, 0.717) is 11.3 Å². The average Bonchev–Trinajstić information content (AvgIpc) is 2.63. The lowest BCUT2D eigenvalue weighted by Gasteiger charge is -2.22. The number of nitrogens with zero attached hydrogens (tertiary/aromatic N) is 1. The fourth-order valence-electron chi connectivity index (χ4n) is 2.93. The largest absolute Gasteiger partial charge is 0.322 e. The maximum absolute atomic E-state index is 12.4. The SMILES string of the molecule is O=C(Nc1ccc(S(=O)(=O)NC2CCCCC2)cc1)c1ccncc1. The summed E-state index contributed by atoms with van der Waals surface area (Å²) in [5.74, 6) is -0.265. The molecule has 1 saturated carbocycles. The Balaban J connectivity index is 1.66. The van der Waals surface area contributed by atoms with Gasteiger partial charge in [-0.05, 0) is 49.2 Å². The first-order chi connectivity index (χ1) is 12.0. The Hall–Kier alpha value is -2.25. The summed E-state index contributed by atoms with van der Waals surface area (Å²) >= 11 is 0. The van der Waals surface area contributed by atoms with E-state index in [-0.39, 0.29) is 16.8 Å². The van der Waals surface area contributed by atoms with Gasteiger partial charge in [0.15, 0.2) is 0 Å². The van der Waals surface area contributed by atoms with Gasteiger partial charge in [0.1, 0.15) is 0 Å².